The second kappa shape index (κ2) is 8.73. The van der Waals surface area contributed by atoms with E-state index in [0.717, 1.165) is 12.8 Å². The van der Waals surface area contributed by atoms with E-state index in [0.29, 0.717) is 10.0 Å². The van der Waals surface area contributed by atoms with Crippen molar-refractivity contribution in [1.82, 2.24) is 9.79 Å². The van der Waals surface area contributed by atoms with Crippen molar-refractivity contribution in [1.29, 1.82) is 0 Å². The van der Waals surface area contributed by atoms with Gasteiger partial charge in [0.15, 0.2) is 0 Å². The SMILES string of the molecule is CON(C)S(=O)(=O)c1ccc(C(=O)O[C@H](C(=O)NC2CC2)c2ccccc2)cc1. The molecule has 0 radical (unpaired) electrons. The number of nitrogens with one attached hydrogen (secondary N) is 1. The molecule has 1 aliphatic rings. The van der Waals surface area contributed by atoms with Crippen LogP contribution in [0.15, 0.2) is 59.5 Å². The highest BCUT2D eigenvalue weighted by atomic mass is 32.2. The molecule has 0 aromatic heterocycles. The number of ether oxygens (including phenoxy) is 1. The summed E-state index contributed by atoms with van der Waals surface area (Å²) >= 11 is 0. The molecule has 1 atom stereocenters. The van der Waals surface area contributed by atoms with Crippen molar-refractivity contribution in [2.45, 2.75) is 29.9 Å². The molecule has 1 fully saturated rings. The number of esters is 1. The van der Waals surface area contributed by atoms with E-state index in [1.165, 1.54) is 38.4 Å². The van der Waals surface area contributed by atoms with Gasteiger partial charge in [0.1, 0.15) is 0 Å². The number of sulfonamides is 1. The Kier molecular flexibility index (Phi) is 6.31. The minimum atomic E-state index is -3.82. The molecule has 29 heavy (non-hydrogen) atoms. The van der Waals surface area contributed by atoms with Crippen molar-refractivity contribution >= 4 is 21.9 Å². The van der Waals surface area contributed by atoms with Crippen LogP contribution in [0.4, 0.5) is 0 Å². The molecule has 1 aliphatic carbocycles. The highest BCUT2D eigenvalue weighted by Crippen LogP contribution is 2.24. The van der Waals surface area contributed by atoms with Gasteiger partial charge in [-0.25, -0.2) is 13.2 Å². The number of hydrogen-bond donors (Lipinski definition) is 1. The molecule has 2 aromatic rings. The summed E-state index contributed by atoms with van der Waals surface area (Å²) in [4.78, 5) is 29.8. The van der Waals surface area contributed by atoms with Crippen LogP contribution < -0.4 is 5.32 Å². The monoisotopic (exact) mass is 418 g/mol. The molecule has 1 saturated carbocycles. The third-order valence-corrected chi connectivity index (χ3v) is 6.17. The fraction of sp³-hybridized carbons (Fsp3) is 0.300. The minimum absolute atomic E-state index is 0.0375. The first-order chi connectivity index (χ1) is 13.8. The zero-order valence-corrected chi connectivity index (χ0v) is 16.9. The topological polar surface area (TPSA) is 102 Å². The van der Waals surface area contributed by atoms with Gasteiger partial charge in [0, 0.05) is 18.7 Å². The predicted octanol–water partition coefficient (Wildman–Crippen LogP) is 2.05. The molecule has 0 saturated heterocycles. The zero-order chi connectivity index (χ0) is 21.0. The summed E-state index contributed by atoms with van der Waals surface area (Å²) in [7, 11) is -1.32. The van der Waals surface area contributed by atoms with E-state index in [1.54, 1.807) is 30.3 Å². The molecule has 1 N–H and O–H groups in total. The fourth-order valence-electron chi connectivity index (χ4n) is 2.59. The summed E-state index contributed by atoms with van der Waals surface area (Å²) in [5.41, 5.74) is 0.684. The Hall–Kier alpha value is -2.75. The van der Waals surface area contributed by atoms with E-state index in [-0.39, 0.29) is 22.4 Å². The lowest BCUT2D eigenvalue weighted by atomic mass is 10.1. The van der Waals surface area contributed by atoms with E-state index >= 15 is 0 Å². The van der Waals surface area contributed by atoms with E-state index in [4.69, 9.17) is 9.57 Å². The minimum Gasteiger partial charge on any atom is -0.444 e. The predicted molar refractivity (Wildman–Crippen MR) is 104 cm³/mol. The standard InChI is InChI=1S/C20H22N2O6S/c1-22(27-2)29(25,26)17-12-8-15(9-13-17)20(24)28-18(14-6-4-3-5-7-14)19(23)21-16-10-11-16/h3-9,12-13,16,18H,10-11H2,1-2H3,(H,21,23)/t18-/m0/s1. The van der Waals surface area contributed by atoms with E-state index in [2.05, 4.69) is 5.32 Å². The summed E-state index contributed by atoms with van der Waals surface area (Å²) in [6.45, 7) is 0. The van der Waals surface area contributed by atoms with Gasteiger partial charge in [-0.2, -0.15) is 0 Å². The maximum absolute atomic E-state index is 12.6. The van der Waals surface area contributed by atoms with Crippen LogP contribution in [0.5, 0.6) is 0 Å². The largest absolute Gasteiger partial charge is 0.444 e. The normalized spacial score (nSPS) is 15.0. The van der Waals surface area contributed by atoms with Crippen LogP contribution in [0.25, 0.3) is 0 Å². The average Bonchev–Trinajstić information content (AvgIpc) is 3.55. The van der Waals surface area contributed by atoms with E-state index < -0.39 is 22.1 Å². The Bertz CT molecular complexity index is 972. The Labute approximate surface area is 169 Å². The summed E-state index contributed by atoms with van der Waals surface area (Å²) in [6, 6.07) is 14.1. The van der Waals surface area contributed by atoms with Gasteiger partial charge in [-0.3, -0.25) is 9.63 Å². The first-order valence-corrected chi connectivity index (χ1v) is 10.5. The van der Waals surface area contributed by atoms with Crippen molar-refractivity contribution in [2.24, 2.45) is 0 Å². The quantitative estimate of drug-likeness (QED) is 0.520. The maximum atomic E-state index is 12.6. The maximum Gasteiger partial charge on any atom is 0.339 e. The molecule has 0 bridgehead atoms. The molecule has 9 heteroatoms. The second-order valence-corrected chi connectivity index (χ2v) is 8.54. The van der Waals surface area contributed by atoms with Gasteiger partial charge in [-0.05, 0) is 37.1 Å². The number of amides is 1. The van der Waals surface area contributed by atoms with Crippen LogP contribution in [0.1, 0.15) is 34.9 Å². The van der Waals surface area contributed by atoms with Crippen molar-refractivity contribution in [3.8, 4) is 0 Å². The number of carbonyl (C=O) groups excluding carboxylic acids is 2. The second-order valence-electron chi connectivity index (χ2n) is 6.60. The van der Waals surface area contributed by atoms with Crippen LogP contribution in [-0.4, -0.2) is 45.0 Å². The molecule has 3 rings (SSSR count). The highest BCUT2D eigenvalue weighted by Gasteiger charge is 2.31. The molecule has 0 unspecified atom stereocenters. The summed E-state index contributed by atoms with van der Waals surface area (Å²) in [5, 5.41) is 2.84. The third-order valence-electron chi connectivity index (χ3n) is 4.47. The summed E-state index contributed by atoms with van der Waals surface area (Å²) in [5.74, 6) is -1.11. The average molecular weight is 418 g/mol. The molecule has 0 aliphatic heterocycles. The number of benzene rings is 2. The van der Waals surface area contributed by atoms with Crippen LogP contribution in [-0.2, 0) is 24.4 Å². The Morgan fingerprint density at radius 3 is 2.24 bits per heavy atom. The molecular weight excluding hydrogens is 396 g/mol. The Morgan fingerprint density at radius 1 is 1.07 bits per heavy atom. The Morgan fingerprint density at radius 2 is 1.69 bits per heavy atom. The molecule has 2 aromatic carbocycles. The molecule has 0 spiro atoms. The van der Waals surface area contributed by atoms with Crippen molar-refractivity contribution in [3.05, 3.63) is 65.7 Å². The molecule has 1 amide bonds. The van der Waals surface area contributed by atoms with Gasteiger partial charge in [-0.15, -0.1) is 0 Å². The van der Waals surface area contributed by atoms with Gasteiger partial charge >= 0.3 is 5.97 Å². The van der Waals surface area contributed by atoms with Crippen LogP contribution in [0, 0.1) is 0 Å². The van der Waals surface area contributed by atoms with Crippen LogP contribution in [0.2, 0.25) is 0 Å². The number of hydroxylamine groups is 1. The summed E-state index contributed by atoms with van der Waals surface area (Å²) in [6.07, 6.45) is 0.729. The van der Waals surface area contributed by atoms with Crippen molar-refractivity contribution < 1.29 is 27.6 Å². The van der Waals surface area contributed by atoms with Crippen LogP contribution in [0.3, 0.4) is 0 Å². The van der Waals surface area contributed by atoms with Crippen LogP contribution >= 0.6 is 0 Å². The van der Waals surface area contributed by atoms with E-state index in [1.807, 2.05) is 0 Å². The molecule has 154 valence electrons. The molecule has 0 heterocycles. The number of rotatable bonds is 8. The highest BCUT2D eigenvalue weighted by molar-refractivity contribution is 7.89. The van der Waals surface area contributed by atoms with Crippen molar-refractivity contribution in [3.63, 3.8) is 0 Å². The molecular formula is C20H22N2O6S. The third kappa shape index (κ3) is 5.00. The smallest absolute Gasteiger partial charge is 0.339 e. The lowest BCUT2D eigenvalue weighted by Crippen LogP contribution is -2.33. The van der Waals surface area contributed by atoms with Gasteiger partial charge in [0.2, 0.25) is 6.10 Å². The number of carbonyl (C=O) groups is 2. The molecule has 8 nitrogen and oxygen atoms in total. The van der Waals surface area contributed by atoms with Gasteiger partial charge < -0.3 is 10.1 Å². The number of hydrogen-bond acceptors (Lipinski definition) is 6. The summed E-state index contributed by atoms with van der Waals surface area (Å²) < 4.78 is 30.7. The lowest BCUT2D eigenvalue weighted by molar-refractivity contribution is -0.130. The van der Waals surface area contributed by atoms with Gasteiger partial charge in [0.25, 0.3) is 15.9 Å². The fourth-order valence-corrected chi connectivity index (χ4v) is 3.56. The first kappa shape index (κ1) is 21.0. The van der Waals surface area contributed by atoms with E-state index in [9.17, 15) is 18.0 Å². The first-order valence-electron chi connectivity index (χ1n) is 9.02. The number of nitrogens with zero attached hydrogens (tertiary/aromatic N) is 1. The van der Waals surface area contributed by atoms with Crippen molar-refractivity contribution in [2.75, 3.05) is 14.2 Å². The van der Waals surface area contributed by atoms with Gasteiger partial charge in [0.05, 0.1) is 17.6 Å². The van der Waals surface area contributed by atoms with Gasteiger partial charge in [-0.1, -0.05) is 34.8 Å². The zero-order valence-electron chi connectivity index (χ0n) is 16.1. The Balaban J connectivity index is 1.78. The lowest BCUT2D eigenvalue weighted by Gasteiger charge is -2.18.